The Hall–Kier alpha value is -1.93. The molecular weight excluding hydrogens is 366 g/mol. The highest BCUT2D eigenvalue weighted by molar-refractivity contribution is 7.88. The van der Waals surface area contributed by atoms with Gasteiger partial charge in [0.15, 0.2) is 0 Å². The van der Waals surface area contributed by atoms with Crippen LogP contribution in [0.1, 0.15) is 37.8 Å². The number of rotatable bonds is 5. The fourth-order valence-corrected chi connectivity index (χ4v) is 4.72. The van der Waals surface area contributed by atoms with Gasteiger partial charge in [0.05, 0.1) is 18.2 Å². The molecule has 2 heterocycles. The van der Waals surface area contributed by atoms with Gasteiger partial charge in [-0.3, -0.25) is 9.59 Å². The van der Waals surface area contributed by atoms with E-state index in [0.717, 1.165) is 5.56 Å². The fraction of sp³-hybridized carbons (Fsp3) is 0.579. The third-order valence-corrected chi connectivity index (χ3v) is 6.85. The van der Waals surface area contributed by atoms with Crippen molar-refractivity contribution in [2.75, 3.05) is 25.9 Å². The first-order valence-corrected chi connectivity index (χ1v) is 11.2. The Labute approximate surface area is 160 Å². The molecule has 2 unspecified atom stereocenters. The first-order chi connectivity index (χ1) is 12.8. The van der Waals surface area contributed by atoms with Gasteiger partial charge >= 0.3 is 0 Å². The van der Waals surface area contributed by atoms with Gasteiger partial charge in [0.1, 0.15) is 0 Å². The second-order valence-corrected chi connectivity index (χ2v) is 9.46. The minimum absolute atomic E-state index is 0.00148. The molecule has 2 aliphatic rings. The van der Waals surface area contributed by atoms with Crippen LogP contribution in [-0.4, -0.2) is 61.4 Å². The van der Waals surface area contributed by atoms with Crippen molar-refractivity contribution in [3.05, 3.63) is 35.9 Å². The van der Waals surface area contributed by atoms with Crippen molar-refractivity contribution in [2.45, 2.75) is 38.3 Å². The van der Waals surface area contributed by atoms with Gasteiger partial charge in [0.25, 0.3) is 0 Å². The first-order valence-electron chi connectivity index (χ1n) is 9.35. The quantitative estimate of drug-likeness (QED) is 0.813. The van der Waals surface area contributed by atoms with Gasteiger partial charge in [-0.25, -0.2) is 12.7 Å². The average Bonchev–Trinajstić information content (AvgIpc) is 3.03. The largest absolute Gasteiger partial charge is 0.353 e. The van der Waals surface area contributed by atoms with Gasteiger partial charge < -0.3 is 10.2 Å². The lowest BCUT2D eigenvalue weighted by Crippen LogP contribution is -2.47. The highest BCUT2D eigenvalue weighted by Gasteiger charge is 2.38. The van der Waals surface area contributed by atoms with Crippen LogP contribution in [0, 0.1) is 5.92 Å². The Morgan fingerprint density at radius 2 is 1.81 bits per heavy atom. The van der Waals surface area contributed by atoms with Crippen LogP contribution in [0.2, 0.25) is 0 Å². The van der Waals surface area contributed by atoms with Gasteiger partial charge in [-0.05, 0) is 25.3 Å². The van der Waals surface area contributed by atoms with E-state index < -0.39 is 10.0 Å². The number of nitrogens with zero attached hydrogens (tertiary/aromatic N) is 2. The van der Waals surface area contributed by atoms with Crippen molar-refractivity contribution >= 4 is 21.8 Å². The molecule has 1 aromatic carbocycles. The lowest BCUT2D eigenvalue weighted by Gasteiger charge is -2.31. The number of benzene rings is 1. The monoisotopic (exact) mass is 393 g/mol. The zero-order valence-corrected chi connectivity index (χ0v) is 16.6. The van der Waals surface area contributed by atoms with Crippen LogP contribution in [0.5, 0.6) is 0 Å². The maximum Gasteiger partial charge on any atom is 0.225 e. The number of carbonyl (C=O) groups is 2. The highest BCUT2D eigenvalue weighted by atomic mass is 32.2. The van der Waals surface area contributed by atoms with E-state index in [4.69, 9.17) is 0 Å². The van der Waals surface area contributed by atoms with Crippen LogP contribution >= 0.6 is 0 Å². The van der Waals surface area contributed by atoms with Gasteiger partial charge in [-0.15, -0.1) is 0 Å². The summed E-state index contributed by atoms with van der Waals surface area (Å²) in [6.45, 7) is 3.24. The molecular formula is C19H27N3O4S. The standard InChI is InChI=1S/C19H27N3O4S/c1-14(15-6-4-3-5-7-15)22-13-16(12-18(22)23)19(24)20-17-8-10-21(11-9-17)27(2,25)26/h3-7,14,16-17H,8-13H2,1-2H3,(H,20,24). The number of amides is 2. The molecule has 0 radical (unpaired) electrons. The molecule has 2 fully saturated rings. The van der Waals surface area contributed by atoms with Crippen molar-refractivity contribution < 1.29 is 18.0 Å². The van der Waals surface area contributed by atoms with E-state index in [9.17, 15) is 18.0 Å². The summed E-state index contributed by atoms with van der Waals surface area (Å²) in [7, 11) is -3.17. The normalized spacial score (nSPS) is 23.4. The summed E-state index contributed by atoms with van der Waals surface area (Å²) < 4.78 is 24.6. The minimum atomic E-state index is -3.17. The van der Waals surface area contributed by atoms with E-state index in [2.05, 4.69) is 5.32 Å². The predicted molar refractivity (Wildman–Crippen MR) is 102 cm³/mol. The van der Waals surface area contributed by atoms with Crippen molar-refractivity contribution in [2.24, 2.45) is 5.92 Å². The number of piperidine rings is 1. The molecule has 0 aliphatic carbocycles. The maximum atomic E-state index is 12.6. The predicted octanol–water partition coefficient (Wildman–Crippen LogP) is 1.14. The van der Waals surface area contributed by atoms with Crippen molar-refractivity contribution in [1.29, 1.82) is 0 Å². The zero-order chi connectivity index (χ0) is 19.6. The molecule has 148 valence electrons. The third kappa shape index (κ3) is 4.68. The summed E-state index contributed by atoms with van der Waals surface area (Å²) in [6.07, 6.45) is 2.64. The molecule has 27 heavy (non-hydrogen) atoms. The maximum absolute atomic E-state index is 12.6. The number of carbonyl (C=O) groups excluding carboxylic acids is 2. The fourth-order valence-electron chi connectivity index (χ4n) is 3.84. The van der Waals surface area contributed by atoms with Gasteiger partial charge in [0.2, 0.25) is 21.8 Å². The lowest BCUT2D eigenvalue weighted by atomic mass is 10.0. The molecule has 3 rings (SSSR count). The zero-order valence-electron chi connectivity index (χ0n) is 15.8. The highest BCUT2D eigenvalue weighted by Crippen LogP contribution is 2.28. The molecule has 0 aromatic heterocycles. The molecule has 1 N–H and O–H groups in total. The van der Waals surface area contributed by atoms with Gasteiger partial charge in [-0.1, -0.05) is 30.3 Å². The smallest absolute Gasteiger partial charge is 0.225 e. The van der Waals surface area contributed by atoms with E-state index >= 15 is 0 Å². The summed E-state index contributed by atoms with van der Waals surface area (Å²) >= 11 is 0. The Morgan fingerprint density at radius 1 is 1.19 bits per heavy atom. The van der Waals surface area contributed by atoms with E-state index in [1.165, 1.54) is 10.6 Å². The van der Waals surface area contributed by atoms with Crippen LogP contribution in [0.3, 0.4) is 0 Å². The molecule has 2 saturated heterocycles. The second-order valence-electron chi connectivity index (χ2n) is 7.48. The van der Waals surface area contributed by atoms with Crippen LogP contribution in [0.25, 0.3) is 0 Å². The molecule has 2 atom stereocenters. The van der Waals surface area contributed by atoms with Crippen molar-refractivity contribution in [3.8, 4) is 0 Å². The number of hydrogen-bond donors (Lipinski definition) is 1. The molecule has 2 amide bonds. The Morgan fingerprint density at radius 3 is 2.41 bits per heavy atom. The second kappa shape index (κ2) is 7.98. The SMILES string of the molecule is CC(c1ccccc1)N1CC(C(=O)NC2CCN(S(C)(=O)=O)CC2)CC1=O. The van der Waals surface area contributed by atoms with Crippen LogP contribution in [-0.2, 0) is 19.6 Å². The number of likely N-dealkylation sites (tertiary alicyclic amines) is 1. The number of hydrogen-bond acceptors (Lipinski definition) is 4. The average molecular weight is 394 g/mol. The third-order valence-electron chi connectivity index (χ3n) is 5.55. The van der Waals surface area contributed by atoms with E-state index in [-0.39, 0.29) is 36.2 Å². The van der Waals surface area contributed by atoms with Crippen LogP contribution < -0.4 is 5.32 Å². The molecule has 0 spiro atoms. The van der Waals surface area contributed by atoms with Crippen LogP contribution in [0.15, 0.2) is 30.3 Å². The summed E-state index contributed by atoms with van der Waals surface area (Å²) in [5.41, 5.74) is 1.06. The number of sulfonamides is 1. The van der Waals surface area contributed by atoms with E-state index in [1.54, 1.807) is 4.90 Å². The number of nitrogens with one attached hydrogen (secondary N) is 1. The van der Waals surface area contributed by atoms with Gasteiger partial charge in [0, 0.05) is 32.1 Å². The van der Waals surface area contributed by atoms with Crippen molar-refractivity contribution in [1.82, 2.24) is 14.5 Å². The lowest BCUT2D eigenvalue weighted by molar-refractivity contribution is -0.130. The van der Waals surface area contributed by atoms with Crippen LogP contribution in [0.4, 0.5) is 0 Å². The molecule has 2 aliphatic heterocycles. The summed E-state index contributed by atoms with van der Waals surface area (Å²) in [6, 6.07) is 9.70. The summed E-state index contributed by atoms with van der Waals surface area (Å²) in [5, 5.41) is 3.01. The molecule has 1 aromatic rings. The van der Waals surface area contributed by atoms with Gasteiger partial charge in [-0.2, -0.15) is 0 Å². The molecule has 8 heteroatoms. The molecule has 7 nitrogen and oxygen atoms in total. The Kier molecular flexibility index (Phi) is 5.86. The Bertz CT molecular complexity index is 788. The first kappa shape index (κ1) is 19.8. The van der Waals surface area contributed by atoms with E-state index in [1.807, 2.05) is 37.3 Å². The summed E-state index contributed by atoms with van der Waals surface area (Å²) in [5.74, 6) is -0.459. The topological polar surface area (TPSA) is 86.8 Å². The summed E-state index contributed by atoms with van der Waals surface area (Å²) in [4.78, 5) is 26.8. The van der Waals surface area contributed by atoms with E-state index in [0.29, 0.717) is 32.5 Å². The van der Waals surface area contributed by atoms with Crippen molar-refractivity contribution in [3.63, 3.8) is 0 Å². The molecule has 0 bridgehead atoms. The minimum Gasteiger partial charge on any atom is -0.353 e. The Balaban J connectivity index is 1.54. The molecule has 0 saturated carbocycles.